The molecule has 0 unspecified atom stereocenters. The van der Waals surface area contributed by atoms with Crippen molar-refractivity contribution in [2.45, 2.75) is 12.8 Å². The number of hydrogen-bond donors (Lipinski definition) is 2. The van der Waals surface area contributed by atoms with Crippen LogP contribution in [0.1, 0.15) is 12.0 Å². The van der Waals surface area contributed by atoms with E-state index in [1.807, 2.05) is 0 Å². The van der Waals surface area contributed by atoms with Gasteiger partial charge in [0.05, 0.1) is 0 Å². The second kappa shape index (κ2) is 7.73. The second-order valence-corrected chi connectivity index (χ2v) is 5.03. The zero-order valence-electron chi connectivity index (χ0n) is 11.9. The topological polar surface area (TPSA) is 61.4 Å². The fourth-order valence-electron chi connectivity index (χ4n) is 2.28. The van der Waals surface area contributed by atoms with Crippen LogP contribution >= 0.6 is 0 Å². The van der Waals surface area contributed by atoms with Gasteiger partial charge in [-0.3, -0.25) is 9.59 Å². The van der Waals surface area contributed by atoms with E-state index in [0.717, 1.165) is 18.5 Å². The Morgan fingerprint density at radius 3 is 2.95 bits per heavy atom. The van der Waals surface area contributed by atoms with Crippen LogP contribution in [-0.4, -0.2) is 49.4 Å². The molecular formula is C15H20FN3O2. The van der Waals surface area contributed by atoms with Crippen LogP contribution < -0.4 is 10.6 Å². The molecule has 0 saturated carbocycles. The lowest BCUT2D eigenvalue weighted by Crippen LogP contribution is -2.44. The Bertz CT molecular complexity index is 499. The number of nitrogens with zero attached hydrogens (tertiary/aromatic N) is 1. The van der Waals surface area contributed by atoms with Crippen molar-refractivity contribution in [3.63, 3.8) is 0 Å². The summed E-state index contributed by atoms with van der Waals surface area (Å²) >= 11 is 0. The highest BCUT2D eigenvalue weighted by atomic mass is 19.1. The summed E-state index contributed by atoms with van der Waals surface area (Å²) in [4.78, 5) is 25.4. The first-order valence-corrected chi connectivity index (χ1v) is 7.19. The standard InChI is InChI=1S/C15H20FN3O2/c16-13-4-1-3-12(11-13)5-7-18-14(20)15(21)19-9-2-6-17-8-10-19/h1,3-4,11,17H,2,5-10H2,(H,18,20). The van der Waals surface area contributed by atoms with E-state index in [1.54, 1.807) is 17.0 Å². The molecule has 1 aliphatic heterocycles. The Labute approximate surface area is 123 Å². The van der Waals surface area contributed by atoms with Gasteiger partial charge in [-0.15, -0.1) is 0 Å². The molecule has 2 amide bonds. The van der Waals surface area contributed by atoms with Gasteiger partial charge in [0, 0.05) is 26.2 Å². The molecule has 1 heterocycles. The molecule has 0 radical (unpaired) electrons. The monoisotopic (exact) mass is 293 g/mol. The van der Waals surface area contributed by atoms with Crippen LogP contribution in [0.3, 0.4) is 0 Å². The molecule has 6 heteroatoms. The Balaban J connectivity index is 1.77. The van der Waals surface area contributed by atoms with Crippen molar-refractivity contribution in [3.8, 4) is 0 Å². The van der Waals surface area contributed by atoms with Crippen LogP contribution in [-0.2, 0) is 16.0 Å². The molecule has 0 aliphatic carbocycles. The van der Waals surface area contributed by atoms with Crippen molar-refractivity contribution in [1.82, 2.24) is 15.5 Å². The molecule has 1 saturated heterocycles. The normalized spacial score (nSPS) is 15.4. The van der Waals surface area contributed by atoms with Gasteiger partial charge in [0.25, 0.3) is 0 Å². The molecule has 2 N–H and O–H groups in total. The molecule has 5 nitrogen and oxygen atoms in total. The zero-order chi connectivity index (χ0) is 15.1. The molecule has 1 aromatic carbocycles. The number of carbonyl (C=O) groups is 2. The SMILES string of the molecule is O=C(NCCc1cccc(F)c1)C(=O)N1CCCNCC1. The predicted octanol–water partition coefficient (Wildman–Crippen LogP) is 0.306. The summed E-state index contributed by atoms with van der Waals surface area (Å²) in [5, 5.41) is 5.77. The van der Waals surface area contributed by atoms with Crippen molar-refractivity contribution in [2.24, 2.45) is 0 Å². The third-order valence-corrected chi connectivity index (χ3v) is 3.41. The maximum atomic E-state index is 13.0. The minimum atomic E-state index is -0.590. The average Bonchev–Trinajstić information content (AvgIpc) is 2.75. The summed E-state index contributed by atoms with van der Waals surface area (Å²) in [6, 6.07) is 6.22. The molecule has 0 atom stereocenters. The Kier molecular flexibility index (Phi) is 5.68. The molecule has 2 rings (SSSR count). The third kappa shape index (κ3) is 4.82. The van der Waals surface area contributed by atoms with Gasteiger partial charge < -0.3 is 15.5 Å². The maximum absolute atomic E-state index is 13.0. The van der Waals surface area contributed by atoms with Crippen molar-refractivity contribution in [2.75, 3.05) is 32.7 Å². The second-order valence-electron chi connectivity index (χ2n) is 5.03. The van der Waals surface area contributed by atoms with Crippen molar-refractivity contribution in [1.29, 1.82) is 0 Å². The van der Waals surface area contributed by atoms with Crippen LogP contribution in [0.2, 0.25) is 0 Å². The van der Waals surface area contributed by atoms with Gasteiger partial charge in [0.15, 0.2) is 0 Å². The fraction of sp³-hybridized carbons (Fsp3) is 0.467. The van der Waals surface area contributed by atoms with E-state index >= 15 is 0 Å². The third-order valence-electron chi connectivity index (χ3n) is 3.41. The summed E-state index contributed by atoms with van der Waals surface area (Å²) in [6.45, 7) is 3.05. The summed E-state index contributed by atoms with van der Waals surface area (Å²) in [5.41, 5.74) is 0.793. The minimum Gasteiger partial charge on any atom is -0.347 e. The molecule has 0 aromatic heterocycles. The van der Waals surface area contributed by atoms with E-state index in [4.69, 9.17) is 0 Å². The van der Waals surface area contributed by atoms with Gasteiger partial charge in [0.1, 0.15) is 5.82 Å². The highest BCUT2D eigenvalue weighted by Gasteiger charge is 2.21. The summed E-state index contributed by atoms with van der Waals surface area (Å²) in [5.74, 6) is -1.38. The lowest BCUT2D eigenvalue weighted by Gasteiger charge is -2.19. The molecule has 114 valence electrons. The summed E-state index contributed by atoms with van der Waals surface area (Å²) in [7, 11) is 0. The first kappa shape index (κ1) is 15.4. The van der Waals surface area contributed by atoms with Gasteiger partial charge in [0.2, 0.25) is 0 Å². The Morgan fingerprint density at radius 1 is 1.29 bits per heavy atom. The van der Waals surface area contributed by atoms with Gasteiger partial charge in [-0.2, -0.15) is 0 Å². The van der Waals surface area contributed by atoms with Crippen molar-refractivity contribution in [3.05, 3.63) is 35.6 Å². The van der Waals surface area contributed by atoms with Crippen LogP contribution in [0.5, 0.6) is 0 Å². The van der Waals surface area contributed by atoms with Crippen molar-refractivity contribution < 1.29 is 14.0 Å². The smallest absolute Gasteiger partial charge is 0.311 e. The number of carbonyl (C=O) groups excluding carboxylic acids is 2. The van der Waals surface area contributed by atoms with Gasteiger partial charge in [-0.1, -0.05) is 12.1 Å². The van der Waals surface area contributed by atoms with Crippen LogP contribution in [0.4, 0.5) is 4.39 Å². The first-order chi connectivity index (χ1) is 10.2. The summed E-state index contributed by atoms with van der Waals surface area (Å²) < 4.78 is 13.0. The number of nitrogens with one attached hydrogen (secondary N) is 2. The van der Waals surface area contributed by atoms with Crippen LogP contribution in [0.25, 0.3) is 0 Å². The van der Waals surface area contributed by atoms with E-state index in [2.05, 4.69) is 10.6 Å². The summed E-state index contributed by atoms with van der Waals surface area (Å²) in [6.07, 6.45) is 1.35. The van der Waals surface area contributed by atoms with E-state index in [0.29, 0.717) is 32.6 Å². The Hall–Kier alpha value is -1.95. The quantitative estimate of drug-likeness (QED) is 0.788. The van der Waals surface area contributed by atoms with Crippen LogP contribution in [0.15, 0.2) is 24.3 Å². The van der Waals surface area contributed by atoms with Gasteiger partial charge in [-0.25, -0.2) is 4.39 Å². The number of hydrogen-bond acceptors (Lipinski definition) is 3. The largest absolute Gasteiger partial charge is 0.347 e. The lowest BCUT2D eigenvalue weighted by molar-refractivity contribution is -0.145. The predicted molar refractivity (Wildman–Crippen MR) is 77.2 cm³/mol. The van der Waals surface area contributed by atoms with Gasteiger partial charge >= 0.3 is 11.8 Å². The molecule has 0 spiro atoms. The van der Waals surface area contributed by atoms with E-state index in [1.165, 1.54) is 12.1 Å². The number of halogens is 1. The van der Waals surface area contributed by atoms with Crippen molar-refractivity contribution >= 4 is 11.8 Å². The zero-order valence-corrected chi connectivity index (χ0v) is 11.9. The van der Waals surface area contributed by atoms with E-state index < -0.39 is 11.8 Å². The molecule has 1 aromatic rings. The molecule has 1 aliphatic rings. The number of amides is 2. The fourth-order valence-corrected chi connectivity index (χ4v) is 2.28. The highest BCUT2D eigenvalue weighted by molar-refractivity contribution is 6.35. The first-order valence-electron chi connectivity index (χ1n) is 7.19. The van der Waals surface area contributed by atoms with E-state index in [-0.39, 0.29) is 5.82 Å². The molecule has 21 heavy (non-hydrogen) atoms. The number of benzene rings is 1. The molecular weight excluding hydrogens is 273 g/mol. The maximum Gasteiger partial charge on any atom is 0.311 e. The minimum absolute atomic E-state index is 0.299. The number of rotatable bonds is 3. The Morgan fingerprint density at radius 2 is 2.14 bits per heavy atom. The van der Waals surface area contributed by atoms with E-state index in [9.17, 15) is 14.0 Å². The van der Waals surface area contributed by atoms with Crippen LogP contribution in [0, 0.1) is 5.82 Å². The molecule has 1 fully saturated rings. The average molecular weight is 293 g/mol. The molecule has 0 bridgehead atoms. The highest BCUT2D eigenvalue weighted by Crippen LogP contribution is 2.03. The van der Waals surface area contributed by atoms with Gasteiger partial charge in [-0.05, 0) is 37.1 Å². The lowest BCUT2D eigenvalue weighted by atomic mass is 10.1.